The third-order valence-corrected chi connectivity index (χ3v) is 4.62. The van der Waals surface area contributed by atoms with Gasteiger partial charge < -0.3 is 10.1 Å². The van der Waals surface area contributed by atoms with E-state index in [9.17, 15) is 0 Å². The Hall–Kier alpha value is -0.740. The van der Waals surface area contributed by atoms with E-state index in [4.69, 9.17) is 27.9 Å². The van der Waals surface area contributed by atoms with E-state index in [-0.39, 0.29) is 6.04 Å². The molecule has 0 saturated carbocycles. The fraction of sp³-hybridized carbons (Fsp3) is 0.333. The first-order chi connectivity index (χ1) is 9.56. The van der Waals surface area contributed by atoms with Crippen molar-refractivity contribution in [3.8, 4) is 5.75 Å². The van der Waals surface area contributed by atoms with Crippen LogP contribution in [0.4, 0.5) is 0 Å². The summed E-state index contributed by atoms with van der Waals surface area (Å²) < 4.78 is 6.89. The molecule has 1 aromatic carbocycles. The Morgan fingerprint density at radius 1 is 1.25 bits per heavy atom. The normalized spacial score (nSPS) is 12.4. The van der Waals surface area contributed by atoms with Gasteiger partial charge in [-0.05, 0) is 25.6 Å². The molecule has 1 unspecified atom stereocenters. The molecule has 0 saturated heterocycles. The molecule has 0 bridgehead atoms. The summed E-state index contributed by atoms with van der Waals surface area (Å²) in [6, 6.07) is 8.04. The van der Waals surface area contributed by atoms with Gasteiger partial charge in [0.25, 0.3) is 0 Å². The maximum Gasteiger partial charge on any atom is 0.124 e. The van der Waals surface area contributed by atoms with E-state index in [0.717, 1.165) is 23.4 Å². The van der Waals surface area contributed by atoms with Crippen molar-refractivity contribution in [1.29, 1.82) is 0 Å². The number of hydrogen-bond acceptors (Lipinski definition) is 3. The Balaban J connectivity index is 2.53. The molecule has 5 heteroatoms. The number of nitrogens with one attached hydrogen (secondary N) is 1. The number of aryl methyl sites for hydroxylation is 1. The first-order valence-electron chi connectivity index (χ1n) is 6.39. The summed E-state index contributed by atoms with van der Waals surface area (Å²) in [6.45, 7) is 4.96. The van der Waals surface area contributed by atoms with E-state index in [1.54, 1.807) is 7.11 Å². The molecule has 0 aliphatic carbocycles. The molecule has 0 amide bonds. The molecule has 1 atom stereocenters. The van der Waals surface area contributed by atoms with Gasteiger partial charge in [0.1, 0.15) is 5.75 Å². The molecule has 1 heterocycles. The molecule has 0 aliphatic rings. The Morgan fingerprint density at radius 2 is 2.00 bits per heavy atom. The third-order valence-electron chi connectivity index (χ3n) is 3.10. The lowest BCUT2D eigenvalue weighted by molar-refractivity contribution is 0.404. The zero-order chi connectivity index (χ0) is 14.7. The van der Waals surface area contributed by atoms with E-state index in [1.165, 1.54) is 16.9 Å². The molecule has 1 N–H and O–H groups in total. The average molecular weight is 330 g/mol. The zero-order valence-corrected chi connectivity index (χ0v) is 14.0. The van der Waals surface area contributed by atoms with Gasteiger partial charge in [0.05, 0.1) is 21.8 Å². The summed E-state index contributed by atoms with van der Waals surface area (Å²) in [6.07, 6.45) is 0. The van der Waals surface area contributed by atoms with Gasteiger partial charge >= 0.3 is 0 Å². The summed E-state index contributed by atoms with van der Waals surface area (Å²) in [5.41, 5.74) is 3.25. The number of ether oxygens (including phenoxy) is 1. The van der Waals surface area contributed by atoms with Gasteiger partial charge in [0, 0.05) is 11.1 Å². The number of benzene rings is 1. The van der Waals surface area contributed by atoms with Crippen molar-refractivity contribution < 1.29 is 4.74 Å². The Morgan fingerprint density at radius 3 is 2.55 bits per heavy atom. The Kier molecular flexibility index (Phi) is 5.33. The van der Waals surface area contributed by atoms with E-state index in [2.05, 4.69) is 25.2 Å². The molecule has 1 aromatic heterocycles. The van der Waals surface area contributed by atoms with Gasteiger partial charge in [-0.15, -0.1) is 11.3 Å². The maximum atomic E-state index is 6.31. The number of hydrogen-bond donors (Lipinski definition) is 1. The molecule has 0 fully saturated rings. The number of methoxy groups -OCH3 is 1. The Bertz CT molecular complexity index is 598. The first kappa shape index (κ1) is 15.6. The smallest absolute Gasteiger partial charge is 0.124 e. The van der Waals surface area contributed by atoms with Crippen LogP contribution < -0.4 is 10.1 Å². The summed E-state index contributed by atoms with van der Waals surface area (Å²) in [7, 11) is 1.68. The van der Waals surface area contributed by atoms with E-state index < -0.39 is 0 Å². The monoisotopic (exact) mass is 329 g/mol. The van der Waals surface area contributed by atoms with Crippen LogP contribution in [0.1, 0.15) is 29.7 Å². The Labute approximate surface area is 133 Å². The fourth-order valence-electron chi connectivity index (χ4n) is 2.22. The van der Waals surface area contributed by atoms with Crippen molar-refractivity contribution in [2.45, 2.75) is 19.9 Å². The summed E-state index contributed by atoms with van der Waals surface area (Å²) in [5.74, 6) is 0.847. The van der Waals surface area contributed by atoms with Crippen LogP contribution in [0.5, 0.6) is 5.75 Å². The largest absolute Gasteiger partial charge is 0.496 e. The van der Waals surface area contributed by atoms with Crippen molar-refractivity contribution >= 4 is 34.5 Å². The molecule has 20 heavy (non-hydrogen) atoms. The molecular formula is C15H17Cl2NOS. The second kappa shape index (κ2) is 6.81. The highest BCUT2D eigenvalue weighted by Gasteiger charge is 2.22. The van der Waals surface area contributed by atoms with Gasteiger partial charge in [-0.2, -0.15) is 0 Å². The number of rotatable bonds is 5. The van der Waals surface area contributed by atoms with Crippen molar-refractivity contribution in [1.82, 2.24) is 5.32 Å². The maximum absolute atomic E-state index is 6.31. The molecule has 108 valence electrons. The minimum atomic E-state index is -0.0221. The van der Waals surface area contributed by atoms with Crippen LogP contribution in [0, 0.1) is 6.92 Å². The zero-order valence-electron chi connectivity index (χ0n) is 11.7. The summed E-state index contributed by atoms with van der Waals surface area (Å²) in [4.78, 5) is 0. The minimum absolute atomic E-state index is 0.0221. The molecule has 2 nitrogen and oxygen atoms in total. The molecule has 2 rings (SSSR count). The summed E-state index contributed by atoms with van der Waals surface area (Å²) in [5, 5.41) is 3.45. The molecular weight excluding hydrogens is 313 g/mol. The van der Waals surface area contributed by atoms with Crippen molar-refractivity contribution in [2.24, 2.45) is 0 Å². The van der Waals surface area contributed by atoms with Gasteiger partial charge in [-0.3, -0.25) is 0 Å². The molecule has 0 spiro atoms. The highest BCUT2D eigenvalue weighted by molar-refractivity contribution is 7.20. The minimum Gasteiger partial charge on any atom is -0.496 e. The number of halogens is 2. The van der Waals surface area contributed by atoms with Gasteiger partial charge in [0.2, 0.25) is 0 Å². The fourth-order valence-corrected chi connectivity index (χ4v) is 3.75. The van der Waals surface area contributed by atoms with Crippen LogP contribution in [-0.4, -0.2) is 13.7 Å². The van der Waals surface area contributed by atoms with Crippen LogP contribution in [0.15, 0.2) is 24.3 Å². The SMILES string of the molecule is CCNC(c1cc(C)ccc1OC)c1cc(Cl)sc1Cl. The van der Waals surface area contributed by atoms with Crippen molar-refractivity contribution in [2.75, 3.05) is 13.7 Å². The first-order valence-corrected chi connectivity index (χ1v) is 7.96. The van der Waals surface area contributed by atoms with Gasteiger partial charge in [-0.1, -0.05) is 47.8 Å². The van der Waals surface area contributed by atoms with Crippen LogP contribution in [0.2, 0.25) is 8.67 Å². The van der Waals surface area contributed by atoms with E-state index >= 15 is 0 Å². The lowest BCUT2D eigenvalue weighted by atomic mass is 9.98. The lowest BCUT2D eigenvalue weighted by Gasteiger charge is -2.21. The lowest BCUT2D eigenvalue weighted by Crippen LogP contribution is -2.22. The second-order valence-electron chi connectivity index (χ2n) is 4.52. The van der Waals surface area contributed by atoms with Crippen LogP contribution in [0.3, 0.4) is 0 Å². The van der Waals surface area contributed by atoms with E-state index in [1.807, 2.05) is 18.2 Å². The van der Waals surface area contributed by atoms with E-state index in [0.29, 0.717) is 8.67 Å². The van der Waals surface area contributed by atoms with Gasteiger partial charge in [-0.25, -0.2) is 0 Å². The molecule has 0 aliphatic heterocycles. The number of thiophene rings is 1. The topological polar surface area (TPSA) is 21.3 Å². The predicted octanol–water partition coefficient (Wildman–Crippen LogP) is 5.07. The van der Waals surface area contributed by atoms with Gasteiger partial charge in [0.15, 0.2) is 0 Å². The molecule has 0 radical (unpaired) electrons. The van der Waals surface area contributed by atoms with Crippen molar-refractivity contribution in [3.05, 3.63) is 49.6 Å². The van der Waals surface area contributed by atoms with Crippen LogP contribution >= 0.6 is 34.5 Å². The average Bonchev–Trinajstić information content (AvgIpc) is 2.75. The highest BCUT2D eigenvalue weighted by atomic mass is 35.5. The van der Waals surface area contributed by atoms with Crippen molar-refractivity contribution in [3.63, 3.8) is 0 Å². The third kappa shape index (κ3) is 3.29. The molecule has 2 aromatic rings. The highest BCUT2D eigenvalue weighted by Crippen LogP contribution is 2.40. The standard InChI is InChI=1S/C15H17Cl2NOS/c1-4-18-14(11-8-13(16)20-15(11)17)10-7-9(2)5-6-12(10)19-3/h5-8,14,18H,4H2,1-3H3. The summed E-state index contributed by atoms with van der Waals surface area (Å²) >= 11 is 13.8. The quantitative estimate of drug-likeness (QED) is 0.826. The van der Waals surface area contributed by atoms with Crippen LogP contribution in [-0.2, 0) is 0 Å². The predicted molar refractivity (Wildman–Crippen MR) is 87.6 cm³/mol. The van der Waals surface area contributed by atoms with Crippen LogP contribution in [0.25, 0.3) is 0 Å². The second-order valence-corrected chi connectivity index (χ2v) is 6.80.